The Bertz CT molecular complexity index is 480. The van der Waals surface area contributed by atoms with Crippen LogP contribution in [0.15, 0.2) is 47.3 Å². The van der Waals surface area contributed by atoms with E-state index in [0.717, 1.165) is 11.3 Å². The maximum absolute atomic E-state index is 11.7. The van der Waals surface area contributed by atoms with Gasteiger partial charge >= 0.3 is 0 Å². The van der Waals surface area contributed by atoms with Crippen LogP contribution >= 0.6 is 0 Å². The molecule has 0 spiro atoms. The molecule has 0 fully saturated rings. The van der Waals surface area contributed by atoms with E-state index in [2.05, 4.69) is 10.3 Å². The lowest BCUT2D eigenvalue weighted by Crippen LogP contribution is -2.26. The van der Waals surface area contributed by atoms with Gasteiger partial charge in [0.25, 0.3) is 0 Å². The van der Waals surface area contributed by atoms with Crippen LogP contribution in [0, 0.1) is 0 Å². The minimum Gasteiger partial charge on any atom is -0.469 e. The Balaban J connectivity index is 1.80. The number of carbonyl (C=O) groups excluding carboxylic acids is 1. The van der Waals surface area contributed by atoms with Crippen LogP contribution in [0.2, 0.25) is 0 Å². The highest BCUT2D eigenvalue weighted by atomic mass is 16.3. The number of furan rings is 1. The van der Waals surface area contributed by atoms with Crippen molar-refractivity contribution in [2.24, 2.45) is 0 Å². The molecular weight excluding hydrogens is 228 g/mol. The Kier molecular flexibility index (Phi) is 4.12. The number of hydrogen-bond acceptors (Lipinski definition) is 3. The molecule has 2 rings (SSSR count). The Morgan fingerprint density at radius 2 is 2.33 bits per heavy atom. The lowest BCUT2D eigenvalue weighted by molar-refractivity contribution is -0.121. The van der Waals surface area contributed by atoms with E-state index in [0.29, 0.717) is 12.8 Å². The smallest absolute Gasteiger partial charge is 0.220 e. The average Bonchev–Trinajstić information content (AvgIpc) is 2.90. The van der Waals surface area contributed by atoms with Gasteiger partial charge in [0.15, 0.2) is 0 Å². The van der Waals surface area contributed by atoms with Crippen molar-refractivity contribution >= 4 is 5.91 Å². The van der Waals surface area contributed by atoms with Crippen molar-refractivity contribution in [3.05, 3.63) is 54.2 Å². The Hall–Kier alpha value is -2.10. The van der Waals surface area contributed by atoms with Crippen molar-refractivity contribution in [1.29, 1.82) is 0 Å². The molecule has 0 aliphatic heterocycles. The Labute approximate surface area is 106 Å². The molecule has 4 heteroatoms. The third-order valence-electron chi connectivity index (χ3n) is 2.74. The monoisotopic (exact) mass is 244 g/mol. The first-order valence-electron chi connectivity index (χ1n) is 5.97. The van der Waals surface area contributed by atoms with Gasteiger partial charge in [-0.1, -0.05) is 6.07 Å². The van der Waals surface area contributed by atoms with Crippen molar-refractivity contribution in [3.8, 4) is 0 Å². The summed E-state index contributed by atoms with van der Waals surface area (Å²) in [6.07, 6.45) is 6.15. The first-order valence-corrected chi connectivity index (χ1v) is 5.97. The van der Waals surface area contributed by atoms with E-state index in [9.17, 15) is 4.79 Å². The van der Waals surface area contributed by atoms with Crippen LogP contribution in [-0.4, -0.2) is 10.9 Å². The number of nitrogens with one attached hydrogen (secondary N) is 1. The molecule has 2 aromatic heterocycles. The molecule has 18 heavy (non-hydrogen) atoms. The second kappa shape index (κ2) is 6.00. The fraction of sp³-hybridized carbons (Fsp3) is 0.286. The first-order chi connectivity index (χ1) is 8.75. The summed E-state index contributed by atoms with van der Waals surface area (Å²) in [6.45, 7) is 1.95. The average molecular weight is 244 g/mol. The van der Waals surface area contributed by atoms with Gasteiger partial charge in [0.1, 0.15) is 5.76 Å². The maximum atomic E-state index is 11.7. The molecule has 1 atom stereocenters. The van der Waals surface area contributed by atoms with Crippen LogP contribution in [-0.2, 0) is 11.2 Å². The fourth-order valence-corrected chi connectivity index (χ4v) is 1.72. The molecule has 1 amide bonds. The van der Waals surface area contributed by atoms with Crippen LogP contribution in [0.3, 0.4) is 0 Å². The van der Waals surface area contributed by atoms with E-state index < -0.39 is 0 Å². The molecule has 4 nitrogen and oxygen atoms in total. The molecular formula is C14H16N2O2. The molecule has 0 radical (unpaired) electrons. The molecule has 0 aliphatic carbocycles. The number of carbonyl (C=O) groups is 1. The fourth-order valence-electron chi connectivity index (χ4n) is 1.72. The third-order valence-corrected chi connectivity index (χ3v) is 2.74. The maximum Gasteiger partial charge on any atom is 0.220 e. The molecule has 1 unspecified atom stereocenters. The molecule has 94 valence electrons. The molecule has 2 heterocycles. The molecule has 2 aromatic rings. The van der Waals surface area contributed by atoms with Gasteiger partial charge in [-0.15, -0.1) is 0 Å². The van der Waals surface area contributed by atoms with Gasteiger partial charge in [-0.2, -0.15) is 0 Å². The minimum atomic E-state index is -0.0252. The van der Waals surface area contributed by atoms with Crippen molar-refractivity contribution in [2.45, 2.75) is 25.8 Å². The van der Waals surface area contributed by atoms with Crippen LogP contribution in [0.1, 0.15) is 30.7 Å². The molecule has 0 saturated heterocycles. The zero-order chi connectivity index (χ0) is 12.8. The topological polar surface area (TPSA) is 55.1 Å². The third kappa shape index (κ3) is 3.45. The lowest BCUT2D eigenvalue weighted by atomic mass is 10.1. The summed E-state index contributed by atoms with van der Waals surface area (Å²) in [4.78, 5) is 15.8. The van der Waals surface area contributed by atoms with Gasteiger partial charge in [0.05, 0.1) is 12.3 Å². The second-order valence-electron chi connectivity index (χ2n) is 4.15. The van der Waals surface area contributed by atoms with E-state index in [-0.39, 0.29) is 11.9 Å². The predicted octanol–water partition coefficient (Wildman–Crippen LogP) is 2.48. The quantitative estimate of drug-likeness (QED) is 0.879. The number of amides is 1. The molecule has 0 bridgehead atoms. The number of pyridine rings is 1. The largest absolute Gasteiger partial charge is 0.469 e. The van der Waals surface area contributed by atoms with Crippen LogP contribution in [0.4, 0.5) is 0 Å². The number of aryl methyl sites for hydroxylation is 1. The van der Waals surface area contributed by atoms with Gasteiger partial charge in [-0.3, -0.25) is 9.78 Å². The summed E-state index contributed by atoms with van der Waals surface area (Å²) >= 11 is 0. The number of nitrogens with zero attached hydrogens (tertiary/aromatic N) is 1. The van der Waals surface area contributed by atoms with Gasteiger partial charge in [-0.25, -0.2) is 0 Å². The van der Waals surface area contributed by atoms with Crippen LogP contribution in [0.5, 0.6) is 0 Å². The SMILES string of the molecule is CC(NC(=O)CCc1ccco1)c1cccnc1. The van der Waals surface area contributed by atoms with E-state index >= 15 is 0 Å². The molecule has 0 saturated carbocycles. The first kappa shape index (κ1) is 12.4. The van der Waals surface area contributed by atoms with Gasteiger partial charge in [-0.05, 0) is 30.7 Å². The summed E-state index contributed by atoms with van der Waals surface area (Å²) in [5, 5.41) is 2.94. The van der Waals surface area contributed by atoms with E-state index in [1.807, 2.05) is 31.2 Å². The van der Waals surface area contributed by atoms with E-state index in [1.54, 1.807) is 18.7 Å². The highest BCUT2D eigenvalue weighted by Gasteiger charge is 2.09. The summed E-state index contributed by atoms with van der Waals surface area (Å²) in [6, 6.07) is 7.48. The van der Waals surface area contributed by atoms with Gasteiger partial charge < -0.3 is 9.73 Å². The Morgan fingerprint density at radius 1 is 1.44 bits per heavy atom. The summed E-state index contributed by atoms with van der Waals surface area (Å²) < 4.78 is 5.18. The number of aromatic nitrogens is 1. The minimum absolute atomic E-state index is 0.0164. The number of hydrogen-bond donors (Lipinski definition) is 1. The molecule has 1 N–H and O–H groups in total. The van der Waals surface area contributed by atoms with Gasteiger partial charge in [0.2, 0.25) is 5.91 Å². The van der Waals surface area contributed by atoms with Crippen LogP contribution in [0.25, 0.3) is 0 Å². The second-order valence-corrected chi connectivity index (χ2v) is 4.15. The highest BCUT2D eigenvalue weighted by Crippen LogP contribution is 2.10. The molecule has 0 aromatic carbocycles. The van der Waals surface area contributed by atoms with E-state index in [4.69, 9.17) is 4.42 Å². The summed E-state index contributed by atoms with van der Waals surface area (Å²) in [5.74, 6) is 0.849. The summed E-state index contributed by atoms with van der Waals surface area (Å²) in [5.41, 5.74) is 1.00. The standard InChI is InChI=1S/C14H16N2O2/c1-11(12-4-2-8-15-10-12)16-14(17)7-6-13-5-3-9-18-13/h2-5,8-11H,6-7H2,1H3,(H,16,17). The zero-order valence-corrected chi connectivity index (χ0v) is 10.3. The number of rotatable bonds is 5. The predicted molar refractivity (Wildman–Crippen MR) is 67.8 cm³/mol. The van der Waals surface area contributed by atoms with Crippen molar-refractivity contribution < 1.29 is 9.21 Å². The van der Waals surface area contributed by atoms with Crippen LogP contribution < -0.4 is 5.32 Å². The van der Waals surface area contributed by atoms with Crippen molar-refractivity contribution in [3.63, 3.8) is 0 Å². The van der Waals surface area contributed by atoms with Gasteiger partial charge in [0, 0.05) is 25.2 Å². The van der Waals surface area contributed by atoms with E-state index in [1.165, 1.54) is 0 Å². The Morgan fingerprint density at radius 3 is 3.00 bits per heavy atom. The summed E-state index contributed by atoms with van der Waals surface area (Å²) in [7, 11) is 0. The zero-order valence-electron chi connectivity index (χ0n) is 10.3. The van der Waals surface area contributed by atoms with Crippen molar-refractivity contribution in [1.82, 2.24) is 10.3 Å². The lowest BCUT2D eigenvalue weighted by Gasteiger charge is -2.13. The normalized spacial score (nSPS) is 12.1. The highest BCUT2D eigenvalue weighted by molar-refractivity contribution is 5.76. The van der Waals surface area contributed by atoms with Crippen molar-refractivity contribution in [2.75, 3.05) is 0 Å². The molecule has 0 aliphatic rings.